The fourth-order valence-corrected chi connectivity index (χ4v) is 4.65. The number of nitrogens with zero attached hydrogens (tertiary/aromatic N) is 2. The summed E-state index contributed by atoms with van der Waals surface area (Å²) in [5, 5.41) is 8.81. The Balaban J connectivity index is 1.20. The Morgan fingerprint density at radius 2 is 1.79 bits per heavy atom. The van der Waals surface area contributed by atoms with E-state index < -0.39 is 0 Å². The molecule has 168 valence electrons. The molecule has 5 rings (SSSR count). The van der Waals surface area contributed by atoms with Gasteiger partial charge in [0.1, 0.15) is 0 Å². The number of hydrogen-bond donors (Lipinski definition) is 2. The van der Waals surface area contributed by atoms with Crippen LogP contribution in [0.5, 0.6) is 0 Å². The molecule has 1 saturated heterocycles. The van der Waals surface area contributed by atoms with Crippen LogP contribution in [-0.2, 0) is 6.42 Å². The van der Waals surface area contributed by atoms with Gasteiger partial charge in [-0.05, 0) is 97.7 Å². The Morgan fingerprint density at radius 1 is 0.879 bits per heavy atom. The highest BCUT2D eigenvalue weighted by Crippen LogP contribution is 2.18. The van der Waals surface area contributed by atoms with E-state index in [0.29, 0.717) is 0 Å². The van der Waals surface area contributed by atoms with Crippen LogP contribution in [0.1, 0.15) is 53.8 Å². The van der Waals surface area contributed by atoms with E-state index >= 15 is 0 Å². The first-order chi connectivity index (χ1) is 16.3. The minimum absolute atomic E-state index is 0.927. The average Bonchev–Trinajstić information content (AvgIpc) is 3.52. The van der Waals surface area contributed by atoms with Crippen molar-refractivity contribution in [2.24, 2.45) is 0 Å². The monoisotopic (exact) mass is 436 g/mol. The number of nitrogens with one attached hydrogen (secondary N) is 2. The summed E-state index contributed by atoms with van der Waals surface area (Å²) in [7, 11) is 0. The van der Waals surface area contributed by atoms with Crippen molar-refractivity contribution in [1.82, 2.24) is 20.1 Å². The zero-order chi connectivity index (χ0) is 22.3. The molecule has 4 nitrogen and oxygen atoms in total. The second kappa shape index (κ2) is 10.5. The zero-order valence-electron chi connectivity index (χ0n) is 19.1. The van der Waals surface area contributed by atoms with Crippen LogP contribution in [-0.4, -0.2) is 39.7 Å². The summed E-state index contributed by atoms with van der Waals surface area (Å²) in [4.78, 5) is 5.88. The molecule has 2 aromatic carbocycles. The Bertz CT molecular complexity index is 1240. The first-order valence-electron chi connectivity index (χ1n) is 12.1. The largest absolute Gasteiger partial charge is 0.361 e. The predicted molar refractivity (Wildman–Crippen MR) is 140 cm³/mol. The van der Waals surface area contributed by atoms with Crippen LogP contribution in [0.3, 0.4) is 0 Å². The maximum absolute atomic E-state index is 4.44. The van der Waals surface area contributed by atoms with Crippen molar-refractivity contribution in [3.05, 3.63) is 88.9 Å². The summed E-state index contributed by atoms with van der Waals surface area (Å²) in [6.45, 7) is 3.77. The first kappa shape index (κ1) is 21.5. The summed E-state index contributed by atoms with van der Waals surface area (Å²) < 4.78 is 0. The maximum atomic E-state index is 4.44. The van der Waals surface area contributed by atoms with Crippen molar-refractivity contribution in [2.75, 3.05) is 19.6 Å². The van der Waals surface area contributed by atoms with Crippen LogP contribution in [0.25, 0.3) is 35.2 Å². The van der Waals surface area contributed by atoms with Crippen LogP contribution >= 0.6 is 0 Å². The highest BCUT2D eigenvalue weighted by atomic mass is 15.1. The quantitative estimate of drug-likeness (QED) is 0.325. The molecular formula is C29H32N4. The second-order valence-corrected chi connectivity index (χ2v) is 8.94. The van der Waals surface area contributed by atoms with Crippen LogP contribution < -0.4 is 0 Å². The van der Waals surface area contributed by atoms with Crippen molar-refractivity contribution in [3.8, 4) is 0 Å². The van der Waals surface area contributed by atoms with Crippen LogP contribution in [0.4, 0.5) is 0 Å². The molecule has 0 radical (unpaired) electrons. The number of aromatic nitrogens is 3. The SMILES string of the molecule is C(=C\c1cc(/C=C/c2ccccc2CCCN2CCCCC2)[nH]n1)/c1ccc2cc[nH]c2c1. The third kappa shape index (κ3) is 5.71. The third-order valence-electron chi connectivity index (χ3n) is 6.51. The van der Waals surface area contributed by atoms with Gasteiger partial charge in [0.25, 0.3) is 0 Å². The molecular weight excluding hydrogens is 404 g/mol. The topological polar surface area (TPSA) is 47.7 Å². The van der Waals surface area contributed by atoms with Gasteiger partial charge in [-0.3, -0.25) is 5.10 Å². The fraction of sp³-hybridized carbons (Fsp3) is 0.276. The summed E-state index contributed by atoms with van der Waals surface area (Å²) in [5.74, 6) is 0. The molecule has 33 heavy (non-hydrogen) atoms. The van der Waals surface area contributed by atoms with Crippen molar-refractivity contribution < 1.29 is 0 Å². The van der Waals surface area contributed by atoms with Gasteiger partial charge in [0.2, 0.25) is 0 Å². The molecule has 0 spiro atoms. The molecule has 0 bridgehead atoms. The number of rotatable bonds is 8. The number of fused-ring (bicyclic) bond motifs is 1. The Kier molecular flexibility index (Phi) is 6.83. The van der Waals surface area contributed by atoms with Crippen molar-refractivity contribution in [1.29, 1.82) is 0 Å². The molecule has 0 amide bonds. The minimum atomic E-state index is 0.927. The highest BCUT2D eigenvalue weighted by Gasteiger charge is 2.09. The van der Waals surface area contributed by atoms with Gasteiger partial charge in [0.05, 0.1) is 11.4 Å². The molecule has 1 aliphatic rings. The molecule has 2 N–H and O–H groups in total. The van der Waals surface area contributed by atoms with Crippen LogP contribution in [0.2, 0.25) is 0 Å². The standard InChI is InChI=1S/C29H32N4/c1-4-18-33(19-5-1)20-6-9-24-7-2-3-8-25(24)13-15-28-22-27(31-32-28)14-11-23-10-12-26-16-17-30-29(26)21-23/h2-3,7-8,10-17,21-22,30H,1,4-6,9,18-20H2,(H,31,32)/b14-11+,15-13+. The normalized spacial score (nSPS) is 15.3. The van der Waals surface area contributed by atoms with Crippen LogP contribution in [0, 0.1) is 0 Å². The highest BCUT2D eigenvalue weighted by molar-refractivity contribution is 5.83. The van der Waals surface area contributed by atoms with Crippen molar-refractivity contribution in [2.45, 2.75) is 32.1 Å². The molecule has 3 heterocycles. The lowest BCUT2D eigenvalue weighted by Gasteiger charge is -2.26. The van der Waals surface area contributed by atoms with Gasteiger partial charge < -0.3 is 9.88 Å². The number of benzene rings is 2. The zero-order valence-corrected chi connectivity index (χ0v) is 19.1. The maximum Gasteiger partial charge on any atom is 0.0854 e. The van der Waals surface area contributed by atoms with E-state index in [4.69, 9.17) is 0 Å². The lowest BCUT2D eigenvalue weighted by molar-refractivity contribution is 0.226. The van der Waals surface area contributed by atoms with E-state index in [1.54, 1.807) is 0 Å². The van der Waals surface area contributed by atoms with E-state index in [2.05, 4.69) is 92.9 Å². The second-order valence-electron chi connectivity index (χ2n) is 8.94. The average molecular weight is 437 g/mol. The lowest BCUT2D eigenvalue weighted by atomic mass is 10.0. The molecule has 1 aliphatic heterocycles. The van der Waals surface area contributed by atoms with Crippen molar-refractivity contribution >= 4 is 35.2 Å². The van der Waals surface area contributed by atoms with Gasteiger partial charge in [0, 0.05) is 11.7 Å². The lowest BCUT2D eigenvalue weighted by Crippen LogP contribution is -2.30. The van der Waals surface area contributed by atoms with E-state index in [0.717, 1.165) is 28.9 Å². The Hall–Kier alpha value is -3.37. The molecule has 4 heteroatoms. The number of hydrogen-bond acceptors (Lipinski definition) is 2. The Labute approximate surface area is 196 Å². The number of aromatic amines is 2. The van der Waals surface area contributed by atoms with Gasteiger partial charge in [-0.1, -0.05) is 55.0 Å². The summed E-state index contributed by atoms with van der Waals surface area (Å²) >= 11 is 0. The van der Waals surface area contributed by atoms with E-state index in [9.17, 15) is 0 Å². The molecule has 0 saturated carbocycles. The number of piperidine rings is 1. The van der Waals surface area contributed by atoms with Gasteiger partial charge in [0.15, 0.2) is 0 Å². The van der Waals surface area contributed by atoms with E-state index in [1.165, 1.54) is 61.8 Å². The first-order valence-corrected chi connectivity index (χ1v) is 12.1. The number of likely N-dealkylation sites (tertiary alicyclic amines) is 1. The van der Waals surface area contributed by atoms with E-state index in [-0.39, 0.29) is 0 Å². The molecule has 4 aromatic rings. The van der Waals surface area contributed by atoms with Gasteiger partial charge in [-0.25, -0.2) is 0 Å². The predicted octanol–water partition coefficient (Wildman–Crippen LogP) is 6.65. The van der Waals surface area contributed by atoms with E-state index in [1.807, 2.05) is 12.3 Å². The third-order valence-corrected chi connectivity index (χ3v) is 6.51. The molecule has 1 fully saturated rings. The van der Waals surface area contributed by atoms with Crippen LogP contribution in [0.15, 0.2) is 60.8 Å². The molecule has 2 aromatic heterocycles. The fourth-order valence-electron chi connectivity index (χ4n) is 4.65. The molecule has 0 atom stereocenters. The smallest absolute Gasteiger partial charge is 0.0854 e. The summed E-state index contributed by atoms with van der Waals surface area (Å²) in [5.41, 5.74) is 6.96. The summed E-state index contributed by atoms with van der Waals surface area (Å²) in [6, 6.07) is 19.3. The van der Waals surface area contributed by atoms with Gasteiger partial charge >= 0.3 is 0 Å². The molecule has 0 unspecified atom stereocenters. The summed E-state index contributed by atoms with van der Waals surface area (Å²) in [6.07, 6.45) is 16.9. The van der Waals surface area contributed by atoms with Crippen molar-refractivity contribution in [3.63, 3.8) is 0 Å². The minimum Gasteiger partial charge on any atom is -0.361 e. The number of H-pyrrole nitrogens is 2. The number of aryl methyl sites for hydroxylation is 1. The van der Waals surface area contributed by atoms with Gasteiger partial charge in [-0.2, -0.15) is 5.10 Å². The van der Waals surface area contributed by atoms with Gasteiger partial charge in [-0.15, -0.1) is 0 Å². The Morgan fingerprint density at radius 3 is 2.73 bits per heavy atom. The molecule has 0 aliphatic carbocycles.